The number of nitrogens with zero attached hydrogens (tertiary/aromatic N) is 2. The van der Waals surface area contributed by atoms with Crippen molar-refractivity contribution in [1.82, 2.24) is 10.3 Å². The van der Waals surface area contributed by atoms with Crippen LogP contribution < -0.4 is 10.2 Å². The molecular formula is C16H23N3OS. The number of benzene rings is 1. The van der Waals surface area contributed by atoms with Gasteiger partial charge in [-0.15, -0.1) is 11.3 Å². The van der Waals surface area contributed by atoms with Crippen LogP contribution in [0.5, 0.6) is 0 Å². The smallest absolute Gasteiger partial charge is 0.0795 e. The molecule has 0 fully saturated rings. The van der Waals surface area contributed by atoms with E-state index in [0.29, 0.717) is 0 Å². The molecule has 114 valence electrons. The SMILES string of the molecule is COCCNCc1ccc(N(C)Cc2cscn2)c(C)c1. The second kappa shape index (κ2) is 8.12. The molecule has 0 atom stereocenters. The van der Waals surface area contributed by atoms with Gasteiger partial charge < -0.3 is 15.0 Å². The molecular weight excluding hydrogens is 282 g/mol. The van der Waals surface area contributed by atoms with Gasteiger partial charge in [-0.25, -0.2) is 4.98 Å². The molecule has 5 heteroatoms. The molecule has 4 nitrogen and oxygen atoms in total. The Morgan fingerprint density at radius 3 is 2.90 bits per heavy atom. The van der Waals surface area contributed by atoms with E-state index < -0.39 is 0 Å². The van der Waals surface area contributed by atoms with Crippen molar-refractivity contribution in [3.8, 4) is 0 Å². The molecule has 0 aliphatic carbocycles. The predicted molar refractivity (Wildman–Crippen MR) is 89.0 cm³/mol. The molecule has 0 saturated carbocycles. The summed E-state index contributed by atoms with van der Waals surface area (Å²) in [7, 11) is 3.83. The van der Waals surface area contributed by atoms with E-state index in [1.807, 2.05) is 5.51 Å². The Kier molecular flexibility index (Phi) is 6.17. The number of thiazole rings is 1. The van der Waals surface area contributed by atoms with Gasteiger partial charge in [0, 0.05) is 38.3 Å². The standard InChI is InChI=1S/C16H23N3OS/c1-13-8-14(9-17-6-7-20-3)4-5-16(13)19(2)10-15-11-21-12-18-15/h4-5,8,11-12,17H,6-7,9-10H2,1-3H3. The average molecular weight is 305 g/mol. The molecule has 0 amide bonds. The van der Waals surface area contributed by atoms with Gasteiger partial charge in [-0.1, -0.05) is 12.1 Å². The van der Waals surface area contributed by atoms with Crippen LogP contribution in [0.3, 0.4) is 0 Å². The highest BCUT2D eigenvalue weighted by Crippen LogP contribution is 2.22. The Morgan fingerprint density at radius 2 is 2.24 bits per heavy atom. The minimum atomic E-state index is 0.743. The number of aromatic nitrogens is 1. The fraction of sp³-hybridized carbons (Fsp3) is 0.438. The summed E-state index contributed by atoms with van der Waals surface area (Å²) >= 11 is 1.64. The number of hydrogen-bond acceptors (Lipinski definition) is 5. The summed E-state index contributed by atoms with van der Waals surface area (Å²) in [4.78, 5) is 6.58. The molecule has 21 heavy (non-hydrogen) atoms. The van der Waals surface area contributed by atoms with Gasteiger partial charge in [0.25, 0.3) is 0 Å². The molecule has 1 aromatic heterocycles. The molecule has 2 rings (SSSR count). The molecule has 1 heterocycles. The molecule has 0 unspecified atom stereocenters. The normalized spacial score (nSPS) is 10.8. The Labute approximate surface area is 130 Å². The maximum absolute atomic E-state index is 5.03. The molecule has 0 aliphatic heterocycles. The van der Waals surface area contributed by atoms with Crippen molar-refractivity contribution in [3.05, 3.63) is 45.9 Å². The summed E-state index contributed by atoms with van der Waals surface area (Å²) in [5.74, 6) is 0. The topological polar surface area (TPSA) is 37.4 Å². The van der Waals surface area contributed by atoms with E-state index in [9.17, 15) is 0 Å². The van der Waals surface area contributed by atoms with Crippen molar-refractivity contribution in [2.75, 3.05) is 32.2 Å². The first kappa shape index (κ1) is 15.9. The zero-order valence-electron chi connectivity index (χ0n) is 12.9. The number of hydrogen-bond donors (Lipinski definition) is 1. The van der Waals surface area contributed by atoms with Crippen molar-refractivity contribution in [2.45, 2.75) is 20.0 Å². The monoisotopic (exact) mass is 305 g/mol. The molecule has 1 aromatic carbocycles. The Hall–Kier alpha value is -1.43. The van der Waals surface area contributed by atoms with Gasteiger partial charge in [-0.2, -0.15) is 0 Å². The van der Waals surface area contributed by atoms with Crippen molar-refractivity contribution < 1.29 is 4.74 Å². The summed E-state index contributed by atoms with van der Waals surface area (Å²) in [6.07, 6.45) is 0. The number of rotatable bonds is 8. The molecule has 0 spiro atoms. The van der Waals surface area contributed by atoms with Crippen molar-refractivity contribution in [1.29, 1.82) is 0 Å². The predicted octanol–water partition coefficient (Wildman–Crippen LogP) is 2.82. The average Bonchev–Trinajstić information content (AvgIpc) is 2.96. The first-order valence-electron chi connectivity index (χ1n) is 7.08. The van der Waals surface area contributed by atoms with Crippen LogP contribution in [0.4, 0.5) is 5.69 Å². The highest BCUT2D eigenvalue weighted by atomic mass is 32.1. The van der Waals surface area contributed by atoms with Gasteiger partial charge in [-0.3, -0.25) is 0 Å². The quantitative estimate of drug-likeness (QED) is 0.761. The second-order valence-electron chi connectivity index (χ2n) is 5.13. The molecule has 2 aromatic rings. The maximum Gasteiger partial charge on any atom is 0.0795 e. The molecule has 0 saturated heterocycles. The van der Waals surface area contributed by atoms with Crippen molar-refractivity contribution >= 4 is 17.0 Å². The van der Waals surface area contributed by atoms with Crippen LogP contribution >= 0.6 is 11.3 Å². The summed E-state index contributed by atoms with van der Waals surface area (Å²) < 4.78 is 5.03. The van der Waals surface area contributed by atoms with E-state index in [0.717, 1.165) is 31.9 Å². The lowest BCUT2D eigenvalue weighted by atomic mass is 10.1. The minimum Gasteiger partial charge on any atom is -0.383 e. The highest BCUT2D eigenvalue weighted by molar-refractivity contribution is 7.07. The van der Waals surface area contributed by atoms with Crippen LogP contribution in [0.2, 0.25) is 0 Å². The van der Waals surface area contributed by atoms with Crippen molar-refractivity contribution in [3.63, 3.8) is 0 Å². The zero-order valence-corrected chi connectivity index (χ0v) is 13.7. The summed E-state index contributed by atoms with van der Waals surface area (Å²) in [6.45, 7) is 5.50. The third-order valence-electron chi connectivity index (χ3n) is 3.37. The number of aryl methyl sites for hydroxylation is 1. The first-order valence-corrected chi connectivity index (χ1v) is 8.02. The van der Waals surface area contributed by atoms with Gasteiger partial charge in [0.15, 0.2) is 0 Å². The van der Waals surface area contributed by atoms with E-state index in [2.05, 4.69) is 52.8 Å². The summed E-state index contributed by atoms with van der Waals surface area (Å²) in [5, 5.41) is 5.46. The van der Waals surface area contributed by atoms with Gasteiger partial charge in [0.05, 0.1) is 24.4 Å². The number of ether oxygens (including phenoxy) is 1. The molecule has 0 bridgehead atoms. The molecule has 1 N–H and O–H groups in total. The van der Waals surface area contributed by atoms with E-state index in [4.69, 9.17) is 4.74 Å². The lowest BCUT2D eigenvalue weighted by molar-refractivity contribution is 0.199. The molecule has 0 aliphatic rings. The van der Waals surface area contributed by atoms with Crippen LogP contribution in [0, 0.1) is 6.92 Å². The van der Waals surface area contributed by atoms with E-state index >= 15 is 0 Å². The summed E-state index contributed by atoms with van der Waals surface area (Å²) in [6, 6.07) is 6.61. The van der Waals surface area contributed by atoms with E-state index in [-0.39, 0.29) is 0 Å². The van der Waals surface area contributed by atoms with Gasteiger partial charge in [-0.05, 0) is 24.1 Å². The van der Waals surface area contributed by atoms with Crippen LogP contribution in [0.25, 0.3) is 0 Å². The van der Waals surface area contributed by atoms with Gasteiger partial charge in [0.1, 0.15) is 0 Å². The Morgan fingerprint density at radius 1 is 1.38 bits per heavy atom. The van der Waals surface area contributed by atoms with E-state index in [1.54, 1.807) is 18.4 Å². The van der Waals surface area contributed by atoms with Crippen LogP contribution in [0.1, 0.15) is 16.8 Å². The fourth-order valence-electron chi connectivity index (χ4n) is 2.31. The summed E-state index contributed by atoms with van der Waals surface area (Å²) in [5.41, 5.74) is 6.84. The van der Waals surface area contributed by atoms with Crippen molar-refractivity contribution in [2.24, 2.45) is 0 Å². The van der Waals surface area contributed by atoms with E-state index in [1.165, 1.54) is 16.8 Å². The number of anilines is 1. The van der Waals surface area contributed by atoms with Gasteiger partial charge in [0.2, 0.25) is 0 Å². The minimum absolute atomic E-state index is 0.743. The Bertz CT molecular complexity index is 542. The maximum atomic E-state index is 5.03. The molecule has 0 radical (unpaired) electrons. The van der Waals surface area contributed by atoms with Crippen LogP contribution in [0.15, 0.2) is 29.1 Å². The second-order valence-corrected chi connectivity index (χ2v) is 5.84. The highest BCUT2D eigenvalue weighted by Gasteiger charge is 2.07. The van der Waals surface area contributed by atoms with Crippen LogP contribution in [-0.2, 0) is 17.8 Å². The van der Waals surface area contributed by atoms with Crippen LogP contribution in [-0.4, -0.2) is 32.3 Å². The Balaban J connectivity index is 1.94. The number of methoxy groups -OCH3 is 1. The lowest BCUT2D eigenvalue weighted by Crippen LogP contribution is -2.20. The zero-order chi connectivity index (χ0) is 15.1. The number of nitrogens with one attached hydrogen (secondary N) is 1. The van der Waals surface area contributed by atoms with Gasteiger partial charge >= 0.3 is 0 Å². The third kappa shape index (κ3) is 4.81. The third-order valence-corrected chi connectivity index (χ3v) is 4.00. The lowest BCUT2D eigenvalue weighted by Gasteiger charge is -2.21. The fourth-order valence-corrected chi connectivity index (χ4v) is 2.86. The largest absolute Gasteiger partial charge is 0.383 e. The first-order chi connectivity index (χ1) is 10.2.